The Kier molecular flexibility index (Phi) is 3.29. The van der Waals surface area contributed by atoms with Gasteiger partial charge in [0.2, 0.25) is 0 Å². The minimum Gasteiger partial charge on any atom is -0.304 e. The first kappa shape index (κ1) is 11.9. The fraction of sp³-hybridized carbons (Fsp3) is 0.357. The number of aromatic nitrogens is 2. The highest BCUT2D eigenvalue weighted by Crippen LogP contribution is 2.20. The van der Waals surface area contributed by atoms with Gasteiger partial charge in [0, 0.05) is 19.2 Å². The van der Waals surface area contributed by atoms with E-state index in [0.29, 0.717) is 0 Å². The predicted molar refractivity (Wildman–Crippen MR) is 70.8 cm³/mol. The van der Waals surface area contributed by atoms with Gasteiger partial charge in [-0.25, -0.2) is 0 Å². The zero-order chi connectivity index (χ0) is 12.4. The minimum atomic E-state index is 0.912. The molecule has 0 unspecified atom stereocenters. The van der Waals surface area contributed by atoms with Gasteiger partial charge in [0.15, 0.2) is 0 Å². The third kappa shape index (κ3) is 2.74. The van der Waals surface area contributed by atoms with E-state index in [1.54, 1.807) is 0 Å². The first-order chi connectivity index (χ1) is 8.06. The first-order valence-electron chi connectivity index (χ1n) is 5.81. The molecule has 2 rings (SSSR count). The standard InChI is InChI=1S/C14H19N3/c1-11-6-5-7-12(8-11)14-9-13(10-16(2)3)17(4)15-14/h5-9H,10H2,1-4H3. The van der Waals surface area contributed by atoms with Gasteiger partial charge < -0.3 is 4.90 Å². The van der Waals surface area contributed by atoms with Crippen LogP contribution in [0.2, 0.25) is 0 Å². The normalized spacial score (nSPS) is 11.1. The average molecular weight is 229 g/mol. The van der Waals surface area contributed by atoms with Crippen LogP contribution in [0, 0.1) is 6.92 Å². The Morgan fingerprint density at radius 2 is 2.00 bits per heavy atom. The van der Waals surface area contributed by atoms with Crippen LogP contribution in [0.3, 0.4) is 0 Å². The second kappa shape index (κ2) is 4.72. The molecule has 90 valence electrons. The molecule has 1 aromatic heterocycles. The van der Waals surface area contributed by atoms with E-state index in [-0.39, 0.29) is 0 Å². The van der Waals surface area contributed by atoms with Gasteiger partial charge in [-0.1, -0.05) is 23.8 Å². The number of benzene rings is 1. The van der Waals surface area contributed by atoms with Crippen molar-refractivity contribution in [2.24, 2.45) is 7.05 Å². The lowest BCUT2D eigenvalue weighted by atomic mass is 10.1. The molecule has 0 atom stereocenters. The van der Waals surface area contributed by atoms with E-state index >= 15 is 0 Å². The molecular formula is C14H19N3. The van der Waals surface area contributed by atoms with E-state index in [9.17, 15) is 0 Å². The Bertz CT molecular complexity index is 512. The number of hydrogen-bond donors (Lipinski definition) is 0. The maximum Gasteiger partial charge on any atom is 0.0926 e. The summed E-state index contributed by atoms with van der Waals surface area (Å²) in [6.07, 6.45) is 0. The molecule has 0 saturated heterocycles. The maximum atomic E-state index is 4.57. The summed E-state index contributed by atoms with van der Waals surface area (Å²) in [4.78, 5) is 2.15. The molecule has 1 heterocycles. The topological polar surface area (TPSA) is 21.1 Å². The third-order valence-corrected chi connectivity index (χ3v) is 2.77. The molecule has 0 N–H and O–H groups in total. The fourth-order valence-corrected chi connectivity index (χ4v) is 1.92. The van der Waals surface area contributed by atoms with Crippen LogP contribution in [0.15, 0.2) is 30.3 Å². The number of aryl methyl sites for hydroxylation is 2. The highest BCUT2D eigenvalue weighted by Gasteiger charge is 2.07. The van der Waals surface area contributed by atoms with E-state index in [1.807, 2.05) is 11.7 Å². The Morgan fingerprint density at radius 1 is 1.24 bits per heavy atom. The molecule has 0 saturated carbocycles. The summed E-state index contributed by atoms with van der Waals surface area (Å²) >= 11 is 0. The van der Waals surface area contributed by atoms with Gasteiger partial charge in [0.25, 0.3) is 0 Å². The molecule has 3 heteroatoms. The highest BCUT2D eigenvalue weighted by atomic mass is 15.3. The summed E-state index contributed by atoms with van der Waals surface area (Å²) in [6.45, 7) is 3.02. The molecule has 0 spiro atoms. The van der Waals surface area contributed by atoms with Crippen LogP contribution in [0.1, 0.15) is 11.3 Å². The van der Waals surface area contributed by atoms with Crippen molar-refractivity contribution in [3.8, 4) is 11.3 Å². The van der Waals surface area contributed by atoms with Crippen LogP contribution in [0.4, 0.5) is 0 Å². The maximum absolute atomic E-state index is 4.57. The van der Waals surface area contributed by atoms with Crippen LogP contribution < -0.4 is 0 Å². The van der Waals surface area contributed by atoms with Gasteiger partial charge in [-0.05, 0) is 33.2 Å². The predicted octanol–water partition coefficient (Wildman–Crippen LogP) is 2.46. The van der Waals surface area contributed by atoms with Gasteiger partial charge >= 0.3 is 0 Å². The van der Waals surface area contributed by atoms with Crippen molar-refractivity contribution >= 4 is 0 Å². The molecule has 3 nitrogen and oxygen atoms in total. The fourth-order valence-electron chi connectivity index (χ4n) is 1.92. The van der Waals surface area contributed by atoms with Gasteiger partial charge in [-0.2, -0.15) is 5.10 Å². The average Bonchev–Trinajstić information content (AvgIpc) is 2.59. The van der Waals surface area contributed by atoms with E-state index in [2.05, 4.69) is 61.3 Å². The summed E-state index contributed by atoms with van der Waals surface area (Å²) in [7, 11) is 6.14. The van der Waals surface area contributed by atoms with E-state index < -0.39 is 0 Å². The molecule has 0 amide bonds. The van der Waals surface area contributed by atoms with Crippen molar-refractivity contribution in [2.45, 2.75) is 13.5 Å². The van der Waals surface area contributed by atoms with Gasteiger partial charge in [0.1, 0.15) is 0 Å². The smallest absolute Gasteiger partial charge is 0.0926 e. The second-order valence-corrected chi connectivity index (χ2v) is 4.75. The van der Waals surface area contributed by atoms with Crippen LogP contribution in [-0.4, -0.2) is 28.8 Å². The van der Waals surface area contributed by atoms with Gasteiger partial charge in [-0.3, -0.25) is 4.68 Å². The molecule has 17 heavy (non-hydrogen) atoms. The van der Waals surface area contributed by atoms with Crippen molar-refractivity contribution in [3.63, 3.8) is 0 Å². The minimum absolute atomic E-state index is 0.912. The number of nitrogens with zero attached hydrogens (tertiary/aromatic N) is 3. The molecule has 0 fully saturated rings. The Hall–Kier alpha value is -1.61. The molecule has 0 aliphatic heterocycles. The van der Waals surface area contributed by atoms with E-state index in [0.717, 1.165) is 12.2 Å². The SMILES string of the molecule is Cc1cccc(-c2cc(CN(C)C)n(C)n2)c1. The second-order valence-electron chi connectivity index (χ2n) is 4.75. The third-order valence-electron chi connectivity index (χ3n) is 2.77. The van der Waals surface area contributed by atoms with Crippen molar-refractivity contribution in [3.05, 3.63) is 41.6 Å². The quantitative estimate of drug-likeness (QED) is 0.806. The summed E-state index contributed by atoms with van der Waals surface area (Å²) in [5, 5.41) is 4.57. The lowest BCUT2D eigenvalue weighted by Crippen LogP contribution is -2.13. The van der Waals surface area contributed by atoms with Gasteiger partial charge in [0.05, 0.1) is 11.4 Å². The Labute approximate surface area is 103 Å². The number of rotatable bonds is 3. The van der Waals surface area contributed by atoms with Crippen molar-refractivity contribution in [1.82, 2.24) is 14.7 Å². The van der Waals surface area contributed by atoms with E-state index in [1.165, 1.54) is 16.8 Å². The summed E-state index contributed by atoms with van der Waals surface area (Å²) in [5.41, 5.74) is 4.73. The monoisotopic (exact) mass is 229 g/mol. The van der Waals surface area contributed by atoms with Crippen molar-refractivity contribution < 1.29 is 0 Å². The molecule has 0 radical (unpaired) electrons. The van der Waals surface area contributed by atoms with Crippen molar-refractivity contribution in [1.29, 1.82) is 0 Å². The Morgan fingerprint density at radius 3 is 2.65 bits per heavy atom. The first-order valence-corrected chi connectivity index (χ1v) is 5.81. The van der Waals surface area contributed by atoms with Gasteiger partial charge in [-0.15, -0.1) is 0 Å². The highest BCUT2D eigenvalue weighted by molar-refractivity contribution is 5.60. The lowest BCUT2D eigenvalue weighted by molar-refractivity contribution is 0.387. The largest absolute Gasteiger partial charge is 0.304 e. The molecule has 2 aromatic rings. The van der Waals surface area contributed by atoms with Crippen LogP contribution in [0.5, 0.6) is 0 Å². The summed E-state index contributed by atoms with van der Waals surface area (Å²) < 4.78 is 1.96. The summed E-state index contributed by atoms with van der Waals surface area (Å²) in [6, 6.07) is 10.6. The molecular weight excluding hydrogens is 210 g/mol. The van der Waals surface area contributed by atoms with E-state index in [4.69, 9.17) is 0 Å². The van der Waals surface area contributed by atoms with Crippen LogP contribution in [0.25, 0.3) is 11.3 Å². The molecule has 0 aliphatic rings. The van der Waals surface area contributed by atoms with Crippen LogP contribution >= 0.6 is 0 Å². The lowest BCUT2D eigenvalue weighted by Gasteiger charge is -2.08. The Balaban J connectivity index is 2.34. The van der Waals surface area contributed by atoms with Crippen molar-refractivity contribution in [2.75, 3.05) is 14.1 Å². The van der Waals surface area contributed by atoms with Crippen LogP contribution in [-0.2, 0) is 13.6 Å². The molecule has 0 bridgehead atoms. The zero-order valence-electron chi connectivity index (χ0n) is 10.9. The summed E-state index contributed by atoms with van der Waals surface area (Å²) in [5.74, 6) is 0. The zero-order valence-corrected chi connectivity index (χ0v) is 10.9. The number of hydrogen-bond acceptors (Lipinski definition) is 2. The molecule has 1 aromatic carbocycles. The molecule has 0 aliphatic carbocycles.